The molecule has 0 saturated carbocycles. The van der Waals surface area contributed by atoms with Gasteiger partial charge in [0.15, 0.2) is 5.78 Å². The van der Waals surface area contributed by atoms with E-state index in [1.54, 1.807) is 7.11 Å². The third kappa shape index (κ3) is 5.74. The number of hydrogen-bond donors (Lipinski definition) is 0. The van der Waals surface area contributed by atoms with E-state index in [0.29, 0.717) is 18.4 Å². The second-order valence-electron chi connectivity index (χ2n) is 6.13. The average Bonchev–Trinajstić information content (AvgIpc) is 2.37. The summed E-state index contributed by atoms with van der Waals surface area (Å²) in [5.41, 5.74) is 0.753. The van der Waals surface area contributed by atoms with Crippen molar-refractivity contribution in [1.29, 1.82) is 0 Å². The first kappa shape index (κ1) is 16.7. The number of Topliss-reactive ketones (excluding diaryl/α,β-unsaturated/α-hetero) is 1. The fourth-order valence-corrected chi connectivity index (χ4v) is 2.31. The molecule has 0 atom stereocenters. The van der Waals surface area contributed by atoms with E-state index in [9.17, 15) is 4.79 Å². The number of hydrogen-bond acceptors (Lipinski definition) is 3. The van der Waals surface area contributed by atoms with Gasteiger partial charge in [-0.1, -0.05) is 27.7 Å². The Morgan fingerprint density at radius 3 is 1.95 bits per heavy atom. The van der Waals surface area contributed by atoms with Gasteiger partial charge in [-0.15, -0.1) is 0 Å². The fourth-order valence-electron chi connectivity index (χ4n) is 2.31. The predicted molar refractivity (Wildman–Crippen MR) is 83.4 cm³/mol. The van der Waals surface area contributed by atoms with Gasteiger partial charge in [-0.3, -0.25) is 9.69 Å². The zero-order valence-corrected chi connectivity index (χ0v) is 13.3. The largest absolute Gasteiger partial charge is 0.497 e. The van der Waals surface area contributed by atoms with Crippen LogP contribution in [0.25, 0.3) is 0 Å². The van der Waals surface area contributed by atoms with Gasteiger partial charge in [-0.2, -0.15) is 0 Å². The van der Waals surface area contributed by atoms with Crippen LogP contribution < -0.4 is 4.74 Å². The quantitative estimate of drug-likeness (QED) is 0.681. The van der Waals surface area contributed by atoms with Crippen LogP contribution in [-0.4, -0.2) is 37.4 Å². The smallest absolute Gasteiger partial charge is 0.176 e. The van der Waals surface area contributed by atoms with E-state index in [4.69, 9.17) is 4.74 Å². The number of carbonyl (C=O) groups is 1. The Bertz CT molecular complexity index is 400. The van der Waals surface area contributed by atoms with Crippen molar-refractivity contribution in [2.45, 2.75) is 27.7 Å². The predicted octanol–water partition coefficient (Wildman–Crippen LogP) is 3.49. The molecular weight excluding hydrogens is 250 g/mol. The van der Waals surface area contributed by atoms with E-state index < -0.39 is 0 Å². The van der Waals surface area contributed by atoms with Gasteiger partial charge in [0.1, 0.15) is 5.75 Å². The van der Waals surface area contributed by atoms with E-state index in [2.05, 4.69) is 32.6 Å². The number of rotatable bonds is 8. The van der Waals surface area contributed by atoms with Crippen LogP contribution >= 0.6 is 0 Å². The van der Waals surface area contributed by atoms with Gasteiger partial charge >= 0.3 is 0 Å². The molecule has 0 fully saturated rings. The SMILES string of the molecule is COc1ccc(C(=O)CN(CC(C)C)CC(C)C)cc1. The molecule has 3 heteroatoms. The molecule has 0 N–H and O–H groups in total. The summed E-state index contributed by atoms with van der Waals surface area (Å²) in [7, 11) is 1.63. The van der Waals surface area contributed by atoms with Crippen molar-refractivity contribution in [3.63, 3.8) is 0 Å². The lowest BCUT2D eigenvalue weighted by atomic mass is 10.1. The molecule has 0 bridgehead atoms. The van der Waals surface area contributed by atoms with Gasteiger partial charge < -0.3 is 4.74 Å². The molecule has 0 aliphatic heterocycles. The van der Waals surface area contributed by atoms with Gasteiger partial charge in [-0.05, 0) is 36.1 Å². The van der Waals surface area contributed by atoms with E-state index >= 15 is 0 Å². The second-order valence-corrected chi connectivity index (χ2v) is 6.13. The minimum Gasteiger partial charge on any atom is -0.497 e. The van der Waals surface area contributed by atoms with Crippen LogP contribution in [0, 0.1) is 11.8 Å². The fraction of sp³-hybridized carbons (Fsp3) is 0.588. The first-order valence-corrected chi connectivity index (χ1v) is 7.32. The molecule has 20 heavy (non-hydrogen) atoms. The topological polar surface area (TPSA) is 29.5 Å². The van der Waals surface area contributed by atoms with Crippen LogP contribution in [0.4, 0.5) is 0 Å². The third-order valence-electron chi connectivity index (χ3n) is 3.03. The van der Waals surface area contributed by atoms with Gasteiger partial charge in [0.25, 0.3) is 0 Å². The molecule has 112 valence electrons. The summed E-state index contributed by atoms with van der Waals surface area (Å²) >= 11 is 0. The molecule has 0 radical (unpaired) electrons. The minimum absolute atomic E-state index is 0.175. The first-order valence-electron chi connectivity index (χ1n) is 7.32. The average molecular weight is 277 g/mol. The molecule has 1 aromatic carbocycles. The minimum atomic E-state index is 0.175. The molecule has 3 nitrogen and oxygen atoms in total. The lowest BCUT2D eigenvalue weighted by Gasteiger charge is -2.25. The van der Waals surface area contributed by atoms with Crippen LogP contribution in [0.1, 0.15) is 38.1 Å². The second kappa shape index (κ2) is 8.05. The molecule has 1 rings (SSSR count). The van der Waals surface area contributed by atoms with E-state index in [0.717, 1.165) is 24.4 Å². The van der Waals surface area contributed by atoms with E-state index in [1.165, 1.54) is 0 Å². The number of ether oxygens (including phenoxy) is 1. The normalized spacial score (nSPS) is 11.4. The Labute approximate surface area is 122 Å². The zero-order chi connectivity index (χ0) is 15.1. The summed E-state index contributed by atoms with van der Waals surface area (Å²) < 4.78 is 5.11. The first-order chi connectivity index (χ1) is 9.42. The summed E-state index contributed by atoms with van der Waals surface area (Å²) in [5.74, 6) is 2.09. The third-order valence-corrected chi connectivity index (χ3v) is 3.03. The van der Waals surface area contributed by atoms with Crippen molar-refractivity contribution in [3.8, 4) is 5.75 Å². The highest BCUT2D eigenvalue weighted by atomic mass is 16.5. The highest BCUT2D eigenvalue weighted by Crippen LogP contribution is 2.13. The van der Waals surface area contributed by atoms with E-state index in [-0.39, 0.29) is 5.78 Å². The van der Waals surface area contributed by atoms with Crippen molar-refractivity contribution in [2.24, 2.45) is 11.8 Å². The summed E-state index contributed by atoms with van der Waals surface area (Å²) in [5, 5.41) is 0. The molecular formula is C17H27NO2. The number of benzene rings is 1. The van der Waals surface area contributed by atoms with Gasteiger partial charge in [0, 0.05) is 18.7 Å². The van der Waals surface area contributed by atoms with Crippen molar-refractivity contribution in [3.05, 3.63) is 29.8 Å². The Morgan fingerprint density at radius 1 is 1.05 bits per heavy atom. The number of methoxy groups -OCH3 is 1. The van der Waals surface area contributed by atoms with Gasteiger partial charge in [0.05, 0.1) is 13.7 Å². The van der Waals surface area contributed by atoms with Crippen LogP contribution in [-0.2, 0) is 0 Å². The number of ketones is 1. The molecule has 0 aliphatic carbocycles. The number of carbonyl (C=O) groups excluding carboxylic acids is 1. The van der Waals surface area contributed by atoms with Crippen LogP contribution in [0.2, 0.25) is 0 Å². The standard InChI is InChI=1S/C17H27NO2/c1-13(2)10-18(11-14(3)4)12-17(19)15-6-8-16(20-5)9-7-15/h6-9,13-14H,10-12H2,1-5H3. The Kier molecular flexibility index (Phi) is 6.73. The summed E-state index contributed by atoms with van der Waals surface area (Å²) in [4.78, 5) is 14.6. The molecule has 0 heterocycles. The van der Waals surface area contributed by atoms with Crippen LogP contribution in [0.5, 0.6) is 5.75 Å². The molecule has 0 aromatic heterocycles. The maximum absolute atomic E-state index is 12.3. The van der Waals surface area contributed by atoms with E-state index in [1.807, 2.05) is 24.3 Å². The molecule has 0 aliphatic rings. The molecule has 0 amide bonds. The van der Waals surface area contributed by atoms with Crippen molar-refractivity contribution >= 4 is 5.78 Å². The highest BCUT2D eigenvalue weighted by molar-refractivity contribution is 5.97. The van der Waals surface area contributed by atoms with Crippen LogP contribution in [0.3, 0.4) is 0 Å². The highest BCUT2D eigenvalue weighted by Gasteiger charge is 2.15. The Hall–Kier alpha value is -1.35. The van der Waals surface area contributed by atoms with Crippen molar-refractivity contribution in [1.82, 2.24) is 4.90 Å². The molecule has 0 unspecified atom stereocenters. The molecule has 0 saturated heterocycles. The summed E-state index contributed by atoms with van der Waals surface area (Å²) in [6.45, 7) is 11.1. The van der Waals surface area contributed by atoms with Gasteiger partial charge in [0.2, 0.25) is 0 Å². The summed E-state index contributed by atoms with van der Waals surface area (Å²) in [6, 6.07) is 7.35. The Balaban J connectivity index is 2.68. The lowest BCUT2D eigenvalue weighted by molar-refractivity contribution is 0.0912. The maximum Gasteiger partial charge on any atom is 0.176 e. The zero-order valence-electron chi connectivity index (χ0n) is 13.3. The molecule has 1 aromatic rings. The van der Waals surface area contributed by atoms with Crippen molar-refractivity contribution < 1.29 is 9.53 Å². The van der Waals surface area contributed by atoms with Crippen LogP contribution in [0.15, 0.2) is 24.3 Å². The molecule has 0 spiro atoms. The monoisotopic (exact) mass is 277 g/mol. The number of nitrogens with zero attached hydrogens (tertiary/aromatic N) is 1. The maximum atomic E-state index is 12.3. The van der Waals surface area contributed by atoms with Gasteiger partial charge in [-0.25, -0.2) is 0 Å². The summed E-state index contributed by atoms with van der Waals surface area (Å²) in [6.07, 6.45) is 0. The lowest BCUT2D eigenvalue weighted by Crippen LogP contribution is -2.35. The Morgan fingerprint density at radius 2 is 1.55 bits per heavy atom. The van der Waals surface area contributed by atoms with Crippen molar-refractivity contribution in [2.75, 3.05) is 26.7 Å².